The van der Waals surface area contributed by atoms with Gasteiger partial charge < -0.3 is 10.1 Å². The highest BCUT2D eigenvalue weighted by atomic mass is 79.9. The van der Waals surface area contributed by atoms with E-state index in [0.717, 1.165) is 10.2 Å². The Morgan fingerprint density at radius 2 is 2.12 bits per heavy atom. The van der Waals surface area contributed by atoms with Crippen molar-refractivity contribution in [2.75, 3.05) is 0 Å². The van der Waals surface area contributed by atoms with Gasteiger partial charge in [0.25, 0.3) is 0 Å². The van der Waals surface area contributed by atoms with Crippen LogP contribution in [0.4, 0.5) is 4.79 Å². The number of nitrogens with one attached hydrogen (secondary N) is 1. The van der Waals surface area contributed by atoms with Crippen LogP contribution < -0.4 is 5.32 Å². The van der Waals surface area contributed by atoms with Crippen LogP contribution in [0.5, 0.6) is 0 Å². The number of amides is 1. The van der Waals surface area contributed by atoms with Crippen molar-refractivity contribution in [1.29, 1.82) is 0 Å². The zero-order valence-electron chi connectivity index (χ0n) is 10.5. The number of hydrogen-bond acceptors (Lipinski definition) is 3. The molecular weight excluding hydrogens is 284 g/mol. The van der Waals surface area contributed by atoms with Crippen LogP contribution in [-0.2, 0) is 4.74 Å². The van der Waals surface area contributed by atoms with Crippen molar-refractivity contribution in [3.05, 3.63) is 28.5 Å². The van der Waals surface area contributed by atoms with Crippen LogP contribution in [0.1, 0.15) is 39.4 Å². The SMILES string of the molecule is C[C@H](NC(=O)OC(C)(C)C)c1ccc(Br)cn1. The lowest BCUT2D eigenvalue weighted by molar-refractivity contribution is 0.0507. The van der Waals surface area contributed by atoms with E-state index in [-0.39, 0.29) is 6.04 Å². The van der Waals surface area contributed by atoms with Crippen molar-refractivity contribution in [1.82, 2.24) is 10.3 Å². The number of carbonyl (C=O) groups excluding carboxylic acids is 1. The fraction of sp³-hybridized carbons (Fsp3) is 0.500. The third-order valence-corrected chi connectivity index (χ3v) is 2.40. The lowest BCUT2D eigenvalue weighted by Crippen LogP contribution is -2.34. The first-order chi connectivity index (χ1) is 7.78. The van der Waals surface area contributed by atoms with Crippen LogP contribution in [-0.4, -0.2) is 16.7 Å². The quantitative estimate of drug-likeness (QED) is 0.910. The minimum atomic E-state index is -0.489. The van der Waals surface area contributed by atoms with Crippen LogP contribution >= 0.6 is 15.9 Å². The summed E-state index contributed by atoms with van der Waals surface area (Å²) in [7, 11) is 0. The molecule has 0 aliphatic carbocycles. The van der Waals surface area contributed by atoms with Gasteiger partial charge in [-0.15, -0.1) is 0 Å². The van der Waals surface area contributed by atoms with Crippen molar-refractivity contribution in [2.24, 2.45) is 0 Å². The number of carbonyl (C=O) groups is 1. The number of nitrogens with zero attached hydrogens (tertiary/aromatic N) is 1. The largest absolute Gasteiger partial charge is 0.444 e. The van der Waals surface area contributed by atoms with Crippen LogP contribution in [0.25, 0.3) is 0 Å². The number of ether oxygens (including phenoxy) is 1. The zero-order valence-corrected chi connectivity index (χ0v) is 12.0. The molecule has 1 aromatic heterocycles. The van der Waals surface area contributed by atoms with Crippen molar-refractivity contribution in [3.8, 4) is 0 Å². The van der Waals surface area contributed by atoms with Crippen LogP contribution in [0.3, 0.4) is 0 Å². The van der Waals surface area contributed by atoms with Gasteiger partial charge in [0.1, 0.15) is 5.60 Å². The van der Waals surface area contributed by atoms with Crippen molar-refractivity contribution >= 4 is 22.0 Å². The maximum Gasteiger partial charge on any atom is 0.408 e. The summed E-state index contributed by atoms with van der Waals surface area (Å²) in [5.74, 6) is 0. The molecule has 1 atom stereocenters. The normalized spacial score (nSPS) is 13.0. The summed E-state index contributed by atoms with van der Waals surface area (Å²) >= 11 is 3.31. The molecule has 1 N–H and O–H groups in total. The molecular formula is C12H17BrN2O2. The van der Waals surface area contributed by atoms with E-state index in [1.54, 1.807) is 6.20 Å². The molecule has 17 heavy (non-hydrogen) atoms. The average molecular weight is 301 g/mol. The third-order valence-electron chi connectivity index (χ3n) is 1.93. The second kappa shape index (κ2) is 5.49. The molecule has 0 saturated carbocycles. The zero-order chi connectivity index (χ0) is 13.1. The summed E-state index contributed by atoms with van der Waals surface area (Å²) in [5.41, 5.74) is 0.302. The Balaban J connectivity index is 2.57. The average Bonchev–Trinajstić information content (AvgIpc) is 2.15. The number of hydrogen-bond donors (Lipinski definition) is 1. The van der Waals surface area contributed by atoms with Crippen LogP contribution in [0, 0.1) is 0 Å². The number of halogens is 1. The molecule has 1 aromatic rings. The predicted octanol–water partition coefficient (Wildman–Crippen LogP) is 3.43. The van der Waals surface area contributed by atoms with E-state index < -0.39 is 11.7 Å². The highest BCUT2D eigenvalue weighted by molar-refractivity contribution is 9.10. The molecule has 5 heteroatoms. The highest BCUT2D eigenvalue weighted by Crippen LogP contribution is 2.14. The maximum atomic E-state index is 11.5. The van der Waals surface area contributed by atoms with Gasteiger partial charge in [-0.1, -0.05) is 0 Å². The van der Waals surface area contributed by atoms with Gasteiger partial charge in [-0.05, 0) is 55.8 Å². The highest BCUT2D eigenvalue weighted by Gasteiger charge is 2.18. The number of alkyl carbamates (subject to hydrolysis) is 1. The molecule has 1 rings (SSSR count). The molecule has 1 heterocycles. The lowest BCUT2D eigenvalue weighted by atomic mass is 10.2. The third kappa shape index (κ3) is 5.17. The maximum absolute atomic E-state index is 11.5. The molecule has 0 aliphatic rings. The Kier molecular flexibility index (Phi) is 4.51. The van der Waals surface area contributed by atoms with E-state index in [9.17, 15) is 4.79 Å². The Morgan fingerprint density at radius 3 is 2.59 bits per heavy atom. The Morgan fingerprint density at radius 1 is 1.47 bits per heavy atom. The smallest absolute Gasteiger partial charge is 0.408 e. The Hall–Kier alpha value is -1.10. The summed E-state index contributed by atoms with van der Waals surface area (Å²) in [6.07, 6.45) is 1.26. The standard InChI is InChI=1S/C12H17BrN2O2/c1-8(10-6-5-9(13)7-14-10)15-11(16)17-12(2,3)4/h5-8H,1-4H3,(H,15,16)/t8-/m0/s1. The predicted molar refractivity (Wildman–Crippen MR) is 69.7 cm³/mol. The molecule has 4 nitrogen and oxygen atoms in total. The van der Waals surface area contributed by atoms with Crippen LogP contribution in [0.15, 0.2) is 22.8 Å². The molecule has 0 saturated heterocycles. The fourth-order valence-corrected chi connectivity index (χ4v) is 1.44. The number of pyridine rings is 1. The van der Waals surface area contributed by atoms with E-state index in [2.05, 4.69) is 26.2 Å². The van der Waals surface area contributed by atoms with Gasteiger partial charge in [-0.2, -0.15) is 0 Å². The van der Waals surface area contributed by atoms with Gasteiger partial charge in [0.15, 0.2) is 0 Å². The van der Waals surface area contributed by atoms with Gasteiger partial charge in [-0.25, -0.2) is 4.79 Å². The summed E-state index contributed by atoms with van der Waals surface area (Å²) in [4.78, 5) is 15.7. The molecule has 0 unspecified atom stereocenters. The van der Waals surface area contributed by atoms with Crippen LogP contribution in [0.2, 0.25) is 0 Å². The molecule has 0 aliphatic heterocycles. The molecule has 94 valence electrons. The first kappa shape index (κ1) is 14.0. The van der Waals surface area contributed by atoms with Gasteiger partial charge in [-0.3, -0.25) is 4.98 Å². The second-order valence-corrected chi connectivity index (χ2v) is 5.68. The second-order valence-electron chi connectivity index (χ2n) is 4.77. The topological polar surface area (TPSA) is 51.2 Å². The summed E-state index contributed by atoms with van der Waals surface area (Å²) < 4.78 is 6.07. The van der Waals surface area contributed by atoms with Gasteiger partial charge >= 0.3 is 6.09 Å². The van der Waals surface area contributed by atoms with E-state index >= 15 is 0 Å². The Bertz CT molecular complexity index is 384. The van der Waals surface area contributed by atoms with Gasteiger partial charge in [0, 0.05) is 10.7 Å². The van der Waals surface area contributed by atoms with Gasteiger partial charge in [0.05, 0.1) is 11.7 Å². The molecule has 0 aromatic carbocycles. The summed E-state index contributed by atoms with van der Waals surface area (Å²) in [6.45, 7) is 7.35. The Labute approximate surface area is 110 Å². The molecule has 0 spiro atoms. The summed E-state index contributed by atoms with van der Waals surface area (Å²) in [6, 6.07) is 3.56. The van der Waals surface area contributed by atoms with Crippen molar-refractivity contribution in [3.63, 3.8) is 0 Å². The van der Waals surface area contributed by atoms with Gasteiger partial charge in [0.2, 0.25) is 0 Å². The van der Waals surface area contributed by atoms with E-state index in [0.29, 0.717) is 0 Å². The van der Waals surface area contributed by atoms with E-state index in [1.807, 2.05) is 39.8 Å². The number of rotatable bonds is 2. The molecule has 0 bridgehead atoms. The molecule has 0 fully saturated rings. The van der Waals surface area contributed by atoms with E-state index in [4.69, 9.17) is 4.74 Å². The minimum absolute atomic E-state index is 0.182. The first-order valence-electron chi connectivity index (χ1n) is 5.39. The fourth-order valence-electron chi connectivity index (χ4n) is 1.20. The lowest BCUT2D eigenvalue weighted by Gasteiger charge is -2.21. The summed E-state index contributed by atoms with van der Waals surface area (Å²) in [5, 5.41) is 2.73. The minimum Gasteiger partial charge on any atom is -0.444 e. The first-order valence-corrected chi connectivity index (χ1v) is 6.18. The van der Waals surface area contributed by atoms with E-state index in [1.165, 1.54) is 0 Å². The number of aromatic nitrogens is 1. The van der Waals surface area contributed by atoms with Crippen molar-refractivity contribution in [2.45, 2.75) is 39.3 Å². The molecule has 1 amide bonds. The molecule has 0 radical (unpaired) electrons. The monoisotopic (exact) mass is 300 g/mol. The van der Waals surface area contributed by atoms with Crippen molar-refractivity contribution < 1.29 is 9.53 Å².